The van der Waals surface area contributed by atoms with Crippen LogP contribution in [0, 0.1) is 20.8 Å². The largest absolute Gasteiger partial charge is 0.360 e. The highest BCUT2D eigenvalue weighted by Crippen LogP contribution is 2.33. The second kappa shape index (κ2) is 8.88. The van der Waals surface area contributed by atoms with E-state index in [1.54, 1.807) is 11.3 Å². The fourth-order valence-electron chi connectivity index (χ4n) is 3.73. The molecule has 1 aromatic carbocycles. The van der Waals surface area contributed by atoms with E-state index in [-0.39, 0.29) is 12.5 Å². The molecule has 1 amide bonds. The van der Waals surface area contributed by atoms with E-state index in [4.69, 9.17) is 21.6 Å². The first-order valence-corrected chi connectivity index (χ1v) is 11.4. The van der Waals surface area contributed by atoms with Crippen LogP contribution in [0.25, 0.3) is 10.2 Å². The van der Waals surface area contributed by atoms with Crippen molar-refractivity contribution < 1.29 is 4.79 Å². The van der Waals surface area contributed by atoms with Gasteiger partial charge in [0.05, 0.1) is 18.5 Å². The quantitative estimate of drug-likeness (QED) is 0.566. The third kappa shape index (κ3) is 4.43. The summed E-state index contributed by atoms with van der Waals surface area (Å²) in [6.07, 6.45) is 2.46. The molecule has 0 bridgehead atoms. The Morgan fingerprint density at radius 1 is 1.17 bits per heavy atom. The van der Waals surface area contributed by atoms with Gasteiger partial charge in [-0.1, -0.05) is 17.7 Å². The minimum atomic E-state index is -0.141. The van der Waals surface area contributed by atoms with Crippen LogP contribution in [0.3, 0.4) is 0 Å². The van der Waals surface area contributed by atoms with Crippen molar-refractivity contribution >= 4 is 50.6 Å². The zero-order valence-corrected chi connectivity index (χ0v) is 19.1. The van der Waals surface area contributed by atoms with Gasteiger partial charge in [-0.25, -0.2) is 9.97 Å². The van der Waals surface area contributed by atoms with Gasteiger partial charge in [0.15, 0.2) is 0 Å². The van der Waals surface area contributed by atoms with Crippen molar-refractivity contribution in [2.45, 2.75) is 40.2 Å². The Hall–Kier alpha value is -2.22. The van der Waals surface area contributed by atoms with Crippen LogP contribution in [0.4, 0.5) is 11.5 Å². The molecular formula is C22H26ClN5OS. The van der Waals surface area contributed by atoms with Crippen molar-refractivity contribution in [2.24, 2.45) is 0 Å². The van der Waals surface area contributed by atoms with Crippen LogP contribution in [0.5, 0.6) is 0 Å². The van der Waals surface area contributed by atoms with Crippen LogP contribution < -0.4 is 10.6 Å². The zero-order chi connectivity index (χ0) is 21.3. The summed E-state index contributed by atoms with van der Waals surface area (Å²) < 4.78 is 0. The standard InChI is InChI=1S/C22H26ClN5OS/c1-13-15(3)30-22-20(13)21(26-18(27-22)12-28-9-4-5-10-28)24-11-19(29)25-17-8-6-7-16(23)14(17)2/h6-8H,4-5,9-12H2,1-3H3,(H,25,29)(H,24,26,27). The lowest BCUT2D eigenvalue weighted by Crippen LogP contribution is -2.24. The summed E-state index contributed by atoms with van der Waals surface area (Å²) in [5.41, 5.74) is 2.74. The Labute approximate surface area is 185 Å². The molecule has 6 nitrogen and oxygen atoms in total. The summed E-state index contributed by atoms with van der Waals surface area (Å²) in [7, 11) is 0. The summed E-state index contributed by atoms with van der Waals surface area (Å²) in [6, 6.07) is 5.49. The lowest BCUT2D eigenvalue weighted by molar-refractivity contribution is -0.114. The minimum absolute atomic E-state index is 0.121. The van der Waals surface area contributed by atoms with Crippen LogP contribution in [0.15, 0.2) is 18.2 Å². The maximum absolute atomic E-state index is 12.6. The predicted molar refractivity (Wildman–Crippen MR) is 125 cm³/mol. The summed E-state index contributed by atoms with van der Waals surface area (Å²) in [5, 5.41) is 7.82. The number of anilines is 2. The first-order valence-electron chi connectivity index (χ1n) is 10.2. The van der Waals surface area contributed by atoms with Gasteiger partial charge in [-0.2, -0.15) is 0 Å². The van der Waals surface area contributed by atoms with Gasteiger partial charge in [-0.3, -0.25) is 9.69 Å². The summed E-state index contributed by atoms with van der Waals surface area (Å²) in [6.45, 7) is 9.12. The van der Waals surface area contributed by atoms with Crippen molar-refractivity contribution in [3.8, 4) is 0 Å². The number of amides is 1. The monoisotopic (exact) mass is 443 g/mol. The van der Waals surface area contributed by atoms with Gasteiger partial charge in [0, 0.05) is 15.6 Å². The van der Waals surface area contributed by atoms with Gasteiger partial charge in [0.1, 0.15) is 16.5 Å². The van der Waals surface area contributed by atoms with Crippen LogP contribution in [-0.2, 0) is 11.3 Å². The molecule has 30 heavy (non-hydrogen) atoms. The van der Waals surface area contributed by atoms with E-state index in [1.165, 1.54) is 17.7 Å². The molecule has 2 N–H and O–H groups in total. The number of rotatable bonds is 6. The average Bonchev–Trinajstić information content (AvgIpc) is 3.32. The van der Waals surface area contributed by atoms with E-state index in [1.807, 2.05) is 25.1 Å². The molecule has 0 aliphatic carbocycles. The molecule has 2 aromatic heterocycles. The van der Waals surface area contributed by atoms with Crippen molar-refractivity contribution in [3.63, 3.8) is 0 Å². The van der Waals surface area contributed by atoms with E-state index in [9.17, 15) is 4.79 Å². The number of aryl methyl sites for hydroxylation is 2. The van der Waals surface area contributed by atoms with Crippen molar-refractivity contribution in [3.05, 3.63) is 45.1 Å². The van der Waals surface area contributed by atoms with Gasteiger partial charge in [0.25, 0.3) is 0 Å². The van der Waals surface area contributed by atoms with Crippen LogP contribution in [0.2, 0.25) is 5.02 Å². The third-order valence-electron chi connectivity index (χ3n) is 5.60. The lowest BCUT2D eigenvalue weighted by atomic mass is 10.2. The van der Waals surface area contributed by atoms with Crippen LogP contribution in [0.1, 0.15) is 34.7 Å². The molecule has 0 saturated carbocycles. The predicted octanol–water partition coefficient (Wildman–Crippen LogP) is 4.92. The second-order valence-electron chi connectivity index (χ2n) is 7.75. The highest BCUT2D eigenvalue weighted by Gasteiger charge is 2.18. The first-order chi connectivity index (χ1) is 14.4. The summed E-state index contributed by atoms with van der Waals surface area (Å²) in [5.74, 6) is 1.39. The SMILES string of the molecule is Cc1sc2nc(CN3CCCC3)nc(NCC(=O)Nc3cccc(Cl)c3C)c2c1C. The number of benzene rings is 1. The normalized spacial score (nSPS) is 14.4. The maximum Gasteiger partial charge on any atom is 0.243 e. The van der Waals surface area contributed by atoms with Gasteiger partial charge >= 0.3 is 0 Å². The number of thiophene rings is 1. The van der Waals surface area contributed by atoms with Gasteiger partial charge < -0.3 is 10.6 Å². The number of nitrogens with zero attached hydrogens (tertiary/aromatic N) is 3. The molecule has 158 valence electrons. The maximum atomic E-state index is 12.6. The second-order valence-corrected chi connectivity index (χ2v) is 9.36. The highest BCUT2D eigenvalue weighted by molar-refractivity contribution is 7.18. The van der Waals surface area contributed by atoms with E-state index >= 15 is 0 Å². The van der Waals surface area contributed by atoms with Crippen molar-refractivity contribution in [1.29, 1.82) is 0 Å². The number of aromatic nitrogens is 2. The smallest absolute Gasteiger partial charge is 0.243 e. The average molecular weight is 444 g/mol. The molecule has 1 fully saturated rings. The molecule has 8 heteroatoms. The third-order valence-corrected chi connectivity index (χ3v) is 7.11. The lowest BCUT2D eigenvalue weighted by Gasteiger charge is -2.15. The fourth-order valence-corrected chi connectivity index (χ4v) is 4.96. The van der Waals surface area contributed by atoms with Crippen LogP contribution >= 0.6 is 22.9 Å². The Balaban J connectivity index is 1.54. The molecule has 0 atom stereocenters. The number of hydrogen-bond acceptors (Lipinski definition) is 6. The van der Waals surface area contributed by atoms with E-state index in [0.29, 0.717) is 5.02 Å². The Kier molecular flexibility index (Phi) is 6.22. The van der Waals surface area contributed by atoms with Crippen molar-refractivity contribution in [2.75, 3.05) is 30.3 Å². The summed E-state index contributed by atoms with van der Waals surface area (Å²) in [4.78, 5) is 26.8. The summed E-state index contributed by atoms with van der Waals surface area (Å²) >= 11 is 7.84. The molecule has 4 rings (SSSR count). The molecule has 0 radical (unpaired) electrons. The zero-order valence-electron chi connectivity index (χ0n) is 17.5. The molecule has 1 aliphatic heterocycles. The van der Waals surface area contributed by atoms with Gasteiger partial charge in [0.2, 0.25) is 5.91 Å². The van der Waals surface area contributed by atoms with E-state index < -0.39 is 0 Å². The highest BCUT2D eigenvalue weighted by atomic mass is 35.5. The number of likely N-dealkylation sites (tertiary alicyclic amines) is 1. The fraction of sp³-hybridized carbons (Fsp3) is 0.409. The number of fused-ring (bicyclic) bond motifs is 1. The molecule has 0 spiro atoms. The Bertz CT molecular complexity index is 1090. The number of carbonyl (C=O) groups is 1. The number of halogens is 1. The van der Waals surface area contributed by atoms with E-state index in [0.717, 1.165) is 58.3 Å². The molecule has 0 unspecified atom stereocenters. The number of nitrogens with one attached hydrogen (secondary N) is 2. The minimum Gasteiger partial charge on any atom is -0.360 e. The van der Waals surface area contributed by atoms with Crippen LogP contribution in [-0.4, -0.2) is 40.4 Å². The molecule has 1 saturated heterocycles. The first kappa shape index (κ1) is 21.0. The Morgan fingerprint density at radius 2 is 1.93 bits per heavy atom. The van der Waals surface area contributed by atoms with Crippen molar-refractivity contribution in [1.82, 2.24) is 14.9 Å². The number of hydrogen-bond donors (Lipinski definition) is 2. The van der Waals surface area contributed by atoms with Gasteiger partial charge in [-0.05, 0) is 70.0 Å². The topological polar surface area (TPSA) is 70.2 Å². The number of carbonyl (C=O) groups excluding carboxylic acids is 1. The molecule has 3 heterocycles. The molecule has 3 aromatic rings. The Morgan fingerprint density at radius 3 is 2.70 bits per heavy atom. The molecule has 1 aliphatic rings. The van der Waals surface area contributed by atoms with E-state index in [2.05, 4.69) is 29.4 Å². The van der Waals surface area contributed by atoms with Gasteiger partial charge in [-0.15, -0.1) is 11.3 Å². The molecular weight excluding hydrogens is 418 g/mol.